The van der Waals surface area contributed by atoms with E-state index in [-0.39, 0.29) is 5.92 Å². The van der Waals surface area contributed by atoms with Crippen LogP contribution in [0.15, 0.2) is 0 Å². The van der Waals surface area contributed by atoms with Gasteiger partial charge in [0, 0.05) is 6.04 Å². The molecule has 2 saturated carbocycles. The number of nitrogens with zero attached hydrogens (tertiary/aromatic N) is 1. The highest BCUT2D eigenvalue weighted by molar-refractivity contribution is 4.93. The Morgan fingerprint density at radius 3 is 2.41 bits per heavy atom. The van der Waals surface area contributed by atoms with E-state index in [1.165, 1.54) is 57.8 Å². The van der Waals surface area contributed by atoms with E-state index in [9.17, 15) is 5.26 Å². The van der Waals surface area contributed by atoms with E-state index >= 15 is 0 Å². The predicted molar refractivity (Wildman–Crippen MR) is 70.6 cm³/mol. The van der Waals surface area contributed by atoms with E-state index in [2.05, 4.69) is 11.4 Å². The maximum Gasteiger partial charge on any atom is 0.0672 e. The summed E-state index contributed by atoms with van der Waals surface area (Å²) >= 11 is 0. The molecule has 0 aromatic heterocycles. The highest BCUT2D eigenvalue weighted by atomic mass is 14.9. The van der Waals surface area contributed by atoms with Crippen LogP contribution in [0.5, 0.6) is 0 Å². The highest BCUT2D eigenvalue weighted by Gasteiger charge is 2.23. The van der Waals surface area contributed by atoms with Gasteiger partial charge in [0.25, 0.3) is 0 Å². The van der Waals surface area contributed by atoms with Gasteiger partial charge in [0.2, 0.25) is 0 Å². The summed E-state index contributed by atoms with van der Waals surface area (Å²) < 4.78 is 0. The summed E-state index contributed by atoms with van der Waals surface area (Å²) in [6, 6.07) is 2.99. The Hall–Kier alpha value is -0.550. The molecule has 0 spiro atoms. The molecule has 0 aliphatic heterocycles. The molecule has 2 heteroatoms. The second-order valence-electron chi connectivity index (χ2n) is 5.87. The molecule has 0 aromatic carbocycles. The molecule has 0 heterocycles. The van der Waals surface area contributed by atoms with Crippen LogP contribution in [0.25, 0.3) is 0 Å². The minimum Gasteiger partial charge on any atom is -0.313 e. The molecule has 2 fully saturated rings. The lowest BCUT2D eigenvalue weighted by Gasteiger charge is -2.21. The van der Waals surface area contributed by atoms with Crippen molar-refractivity contribution in [3.8, 4) is 6.07 Å². The Kier molecular flexibility index (Phi) is 5.32. The number of rotatable bonds is 4. The third-order valence-electron chi connectivity index (χ3n) is 4.62. The van der Waals surface area contributed by atoms with Crippen molar-refractivity contribution in [3.05, 3.63) is 0 Å². The van der Waals surface area contributed by atoms with E-state index in [0.29, 0.717) is 6.04 Å². The molecule has 0 saturated heterocycles. The van der Waals surface area contributed by atoms with Crippen molar-refractivity contribution in [3.63, 3.8) is 0 Å². The fourth-order valence-electron chi connectivity index (χ4n) is 3.48. The molecule has 0 radical (unpaired) electrons. The van der Waals surface area contributed by atoms with Gasteiger partial charge in [-0.15, -0.1) is 0 Å². The standard InChI is InChI=1S/C15H26N2/c16-12-14-8-2-1-3-9-15(14)17-11-10-13-6-4-5-7-13/h13-15,17H,1-11H2. The lowest BCUT2D eigenvalue weighted by Crippen LogP contribution is -2.36. The van der Waals surface area contributed by atoms with Gasteiger partial charge in [-0.3, -0.25) is 0 Å². The van der Waals surface area contributed by atoms with Gasteiger partial charge in [0.05, 0.1) is 12.0 Å². The van der Waals surface area contributed by atoms with Crippen molar-refractivity contribution in [1.29, 1.82) is 5.26 Å². The van der Waals surface area contributed by atoms with Gasteiger partial charge in [-0.2, -0.15) is 5.26 Å². The summed E-state index contributed by atoms with van der Waals surface area (Å²) in [5, 5.41) is 12.9. The van der Waals surface area contributed by atoms with Crippen LogP contribution in [-0.2, 0) is 0 Å². The van der Waals surface area contributed by atoms with Crippen LogP contribution in [-0.4, -0.2) is 12.6 Å². The van der Waals surface area contributed by atoms with E-state index < -0.39 is 0 Å². The summed E-state index contributed by atoms with van der Waals surface area (Å²) in [5.41, 5.74) is 0. The van der Waals surface area contributed by atoms with Crippen molar-refractivity contribution >= 4 is 0 Å². The van der Waals surface area contributed by atoms with Crippen LogP contribution in [0.4, 0.5) is 0 Å². The summed E-state index contributed by atoms with van der Waals surface area (Å²) in [7, 11) is 0. The zero-order valence-electron chi connectivity index (χ0n) is 11.0. The molecule has 17 heavy (non-hydrogen) atoms. The van der Waals surface area contributed by atoms with E-state index in [1.807, 2.05) is 0 Å². The van der Waals surface area contributed by atoms with Crippen LogP contribution in [0.1, 0.15) is 64.2 Å². The Labute approximate surface area is 106 Å². The third kappa shape index (κ3) is 4.00. The Morgan fingerprint density at radius 1 is 0.941 bits per heavy atom. The predicted octanol–water partition coefficient (Wildman–Crippen LogP) is 3.63. The maximum absolute atomic E-state index is 9.21. The van der Waals surface area contributed by atoms with Gasteiger partial charge in [-0.25, -0.2) is 0 Å². The Bertz CT molecular complexity index is 250. The summed E-state index contributed by atoms with van der Waals surface area (Å²) in [5.74, 6) is 1.23. The van der Waals surface area contributed by atoms with Gasteiger partial charge in [-0.05, 0) is 31.7 Å². The van der Waals surface area contributed by atoms with E-state index in [1.54, 1.807) is 0 Å². The maximum atomic E-state index is 9.21. The topological polar surface area (TPSA) is 35.8 Å². The molecule has 2 rings (SSSR count). The quantitative estimate of drug-likeness (QED) is 0.754. The van der Waals surface area contributed by atoms with Gasteiger partial charge in [-0.1, -0.05) is 44.9 Å². The number of nitrogens with one attached hydrogen (secondary N) is 1. The van der Waals surface area contributed by atoms with Crippen LogP contribution in [0, 0.1) is 23.2 Å². The molecule has 2 atom stereocenters. The highest BCUT2D eigenvalue weighted by Crippen LogP contribution is 2.27. The van der Waals surface area contributed by atoms with Gasteiger partial charge < -0.3 is 5.32 Å². The number of hydrogen-bond acceptors (Lipinski definition) is 2. The van der Waals surface area contributed by atoms with Crippen LogP contribution >= 0.6 is 0 Å². The van der Waals surface area contributed by atoms with Crippen molar-refractivity contribution in [1.82, 2.24) is 5.32 Å². The first kappa shape index (κ1) is 12.9. The van der Waals surface area contributed by atoms with Gasteiger partial charge >= 0.3 is 0 Å². The molecule has 0 aromatic rings. The molecule has 2 aliphatic carbocycles. The molecule has 1 N–H and O–H groups in total. The second kappa shape index (κ2) is 7.01. The van der Waals surface area contributed by atoms with Crippen molar-refractivity contribution in [2.75, 3.05) is 6.54 Å². The first-order valence-electron chi connectivity index (χ1n) is 7.53. The molecular weight excluding hydrogens is 208 g/mol. The third-order valence-corrected chi connectivity index (χ3v) is 4.62. The van der Waals surface area contributed by atoms with Crippen LogP contribution in [0.3, 0.4) is 0 Å². The lowest BCUT2D eigenvalue weighted by atomic mass is 9.95. The molecule has 0 amide bonds. The number of hydrogen-bond donors (Lipinski definition) is 1. The Morgan fingerprint density at radius 2 is 1.65 bits per heavy atom. The van der Waals surface area contributed by atoms with Gasteiger partial charge in [0.15, 0.2) is 0 Å². The summed E-state index contributed by atoms with van der Waals surface area (Å²) in [6.45, 7) is 1.13. The fourth-order valence-corrected chi connectivity index (χ4v) is 3.48. The summed E-state index contributed by atoms with van der Waals surface area (Å²) in [4.78, 5) is 0. The Balaban J connectivity index is 1.70. The van der Waals surface area contributed by atoms with Crippen molar-refractivity contribution < 1.29 is 0 Å². The minimum absolute atomic E-state index is 0.265. The molecule has 96 valence electrons. The zero-order chi connectivity index (χ0) is 11.9. The first-order valence-corrected chi connectivity index (χ1v) is 7.53. The SMILES string of the molecule is N#CC1CCCCCC1NCCC1CCCC1. The molecule has 2 unspecified atom stereocenters. The molecule has 2 nitrogen and oxygen atoms in total. The van der Waals surface area contributed by atoms with Crippen molar-refractivity contribution in [2.45, 2.75) is 70.3 Å². The normalized spacial score (nSPS) is 31.0. The van der Waals surface area contributed by atoms with Crippen molar-refractivity contribution in [2.24, 2.45) is 11.8 Å². The monoisotopic (exact) mass is 234 g/mol. The molecule has 2 aliphatic rings. The fraction of sp³-hybridized carbons (Fsp3) is 0.933. The first-order chi connectivity index (χ1) is 8.40. The average Bonchev–Trinajstić information content (AvgIpc) is 2.75. The smallest absolute Gasteiger partial charge is 0.0672 e. The second-order valence-corrected chi connectivity index (χ2v) is 5.87. The minimum atomic E-state index is 0.265. The number of nitriles is 1. The van der Waals surface area contributed by atoms with Crippen LogP contribution in [0.2, 0.25) is 0 Å². The molecule has 0 bridgehead atoms. The van der Waals surface area contributed by atoms with Crippen LogP contribution < -0.4 is 5.32 Å². The average molecular weight is 234 g/mol. The lowest BCUT2D eigenvalue weighted by molar-refractivity contribution is 0.372. The zero-order valence-corrected chi connectivity index (χ0v) is 11.0. The van der Waals surface area contributed by atoms with E-state index in [0.717, 1.165) is 18.9 Å². The van der Waals surface area contributed by atoms with E-state index in [4.69, 9.17) is 0 Å². The summed E-state index contributed by atoms with van der Waals surface area (Å²) in [6.07, 6.45) is 13.3. The largest absolute Gasteiger partial charge is 0.313 e. The molecular formula is C15H26N2. The van der Waals surface area contributed by atoms with Gasteiger partial charge in [0.1, 0.15) is 0 Å².